The molecular weight excluding hydrogens is 436 g/mol. The molecule has 3 rings (SSSR count). The Labute approximate surface area is 190 Å². The number of unbranched alkanes of at least 4 members (excludes halogenated alkanes) is 3. The van der Waals surface area contributed by atoms with E-state index in [-0.39, 0.29) is 5.91 Å². The molecule has 1 fully saturated rings. The average molecular weight is 466 g/mol. The minimum absolute atomic E-state index is 0.306. The first-order valence-electron chi connectivity index (χ1n) is 10.8. The maximum Gasteiger partial charge on any atom is 0.243 e. The van der Waals surface area contributed by atoms with E-state index < -0.39 is 37.3 Å². The molecule has 12 heteroatoms. The second-order valence-electron chi connectivity index (χ2n) is 7.91. The van der Waals surface area contributed by atoms with Gasteiger partial charge in [-0.2, -0.15) is 0 Å². The quantitative estimate of drug-likeness (QED) is 0.145. The van der Waals surface area contributed by atoms with E-state index >= 15 is 0 Å². The van der Waals surface area contributed by atoms with Gasteiger partial charge in [0.15, 0.2) is 0 Å². The first-order valence-corrected chi connectivity index (χ1v) is 10.8. The van der Waals surface area contributed by atoms with Gasteiger partial charge < -0.3 is 29.9 Å². The van der Waals surface area contributed by atoms with Gasteiger partial charge in [-0.3, -0.25) is 14.7 Å². The Balaban J connectivity index is 1.48. The maximum atomic E-state index is 11.0. The van der Waals surface area contributed by atoms with Crippen LogP contribution in [0.15, 0.2) is 30.5 Å². The number of hydrogen-bond acceptors (Lipinski definition) is 10. The van der Waals surface area contributed by atoms with Gasteiger partial charge in [-0.1, -0.05) is 18.1 Å². The number of aromatic nitrogens is 3. The SMILES string of the molecule is O=C(CCCCCCn1cc(-c2ccc(O[C@H]3OC(CO)[C@@H](O)C(O)[C@H]3O)cc2)nn1)NO. The zero-order valence-corrected chi connectivity index (χ0v) is 18.0. The second kappa shape index (κ2) is 12.0. The van der Waals surface area contributed by atoms with E-state index in [1.807, 2.05) is 6.20 Å². The van der Waals surface area contributed by atoms with Gasteiger partial charge in [0.05, 0.1) is 12.8 Å². The summed E-state index contributed by atoms with van der Waals surface area (Å²) in [4.78, 5) is 11.0. The molecule has 2 aromatic rings. The molecule has 6 N–H and O–H groups in total. The molecule has 0 aliphatic carbocycles. The molecular formula is C21H30N4O8. The van der Waals surface area contributed by atoms with Crippen LogP contribution >= 0.6 is 0 Å². The van der Waals surface area contributed by atoms with E-state index in [0.29, 0.717) is 30.8 Å². The molecule has 2 unspecified atom stereocenters. The number of amides is 1. The predicted octanol–water partition coefficient (Wildman–Crippen LogP) is -0.420. The number of carbonyl (C=O) groups is 1. The zero-order valence-electron chi connectivity index (χ0n) is 18.0. The largest absolute Gasteiger partial charge is 0.462 e. The molecule has 33 heavy (non-hydrogen) atoms. The number of aliphatic hydroxyl groups excluding tert-OH is 4. The highest BCUT2D eigenvalue weighted by Crippen LogP contribution is 2.26. The summed E-state index contributed by atoms with van der Waals surface area (Å²) in [5.74, 6) is -0.00845. The van der Waals surface area contributed by atoms with Crippen LogP contribution < -0.4 is 10.2 Å². The number of hydrogen-bond donors (Lipinski definition) is 6. The summed E-state index contributed by atoms with van der Waals surface area (Å²) in [6.45, 7) is 0.164. The number of benzene rings is 1. The molecule has 1 amide bonds. The predicted molar refractivity (Wildman–Crippen MR) is 113 cm³/mol. The Hall–Kier alpha value is -2.61. The minimum Gasteiger partial charge on any atom is -0.462 e. The van der Waals surface area contributed by atoms with Crippen LogP contribution in [0.5, 0.6) is 5.75 Å². The van der Waals surface area contributed by atoms with Crippen LogP contribution in [0.1, 0.15) is 32.1 Å². The van der Waals surface area contributed by atoms with Gasteiger partial charge in [0.25, 0.3) is 0 Å². The van der Waals surface area contributed by atoms with Crippen LogP contribution in [0.25, 0.3) is 11.3 Å². The minimum atomic E-state index is -1.50. The lowest BCUT2D eigenvalue weighted by atomic mass is 9.99. The first kappa shape index (κ1) is 25.0. The van der Waals surface area contributed by atoms with Crippen LogP contribution in [0.2, 0.25) is 0 Å². The number of rotatable bonds is 11. The highest BCUT2D eigenvalue weighted by molar-refractivity contribution is 5.74. The summed E-state index contributed by atoms with van der Waals surface area (Å²) in [5, 5.41) is 55.8. The fraction of sp³-hybridized carbons (Fsp3) is 0.571. The smallest absolute Gasteiger partial charge is 0.243 e. The Kier molecular flexibility index (Phi) is 9.11. The molecule has 1 aromatic carbocycles. The first-order chi connectivity index (χ1) is 15.9. The van der Waals surface area contributed by atoms with E-state index in [2.05, 4.69) is 10.3 Å². The van der Waals surface area contributed by atoms with Gasteiger partial charge in [0.2, 0.25) is 12.2 Å². The van der Waals surface area contributed by atoms with Crippen LogP contribution in [-0.4, -0.2) is 83.8 Å². The van der Waals surface area contributed by atoms with Crippen molar-refractivity contribution in [1.82, 2.24) is 20.5 Å². The van der Waals surface area contributed by atoms with Crippen molar-refractivity contribution >= 4 is 5.91 Å². The van der Waals surface area contributed by atoms with Crippen LogP contribution in [0, 0.1) is 0 Å². The molecule has 1 aliphatic heterocycles. The lowest BCUT2D eigenvalue weighted by Crippen LogP contribution is -2.60. The summed E-state index contributed by atoms with van der Waals surface area (Å²) in [7, 11) is 0. The van der Waals surface area contributed by atoms with Crippen molar-refractivity contribution in [3.8, 4) is 17.0 Å². The Morgan fingerprint density at radius 1 is 1.06 bits per heavy atom. The molecule has 12 nitrogen and oxygen atoms in total. The summed E-state index contributed by atoms with van der Waals surface area (Å²) in [5.41, 5.74) is 3.10. The fourth-order valence-corrected chi connectivity index (χ4v) is 3.51. The molecule has 0 spiro atoms. The van der Waals surface area contributed by atoms with Gasteiger partial charge in [0.1, 0.15) is 35.9 Å². The summed E-state index contributed by atoms with van der Waals surface area (Å²) in [6, 6.07) is 6.83. The lowest BCUT2D eigenvalue weighted by Gasteiger charge is -2.39. The van der Waals surface area contributed by atoms with Crippen molar-refractivity contribution in [2.24, 2.45) is 0 Å². The van der Waals surface area contributed by atoms with E-state index in [0.717, 1.165) is 24.8 Å². The van der Waals surface area contributed by atoms with Crippen LogP contribution in [-0.2, 0) is 16.1 Å². The molecule has 1 saturated heterocycles. The molecule has 2 heterocycles. The average Bonchev–Trinajstić information content (AvgIpc) is 3.30. The van der Waals surface area contributed by atoms with Crippen molar-refractivity contribution in [3.63, 3.8) is 0 Å². The van der Waals surface area contributed by atoms with Crippen molar-refractivity contribution in [2.45, 2.75) is 69.4 Å². The summed E-state index contributed by atoms with van der Waals surface area (Å²) >= 11 is 0. The third-order valence-electron chi connectivity index (χ3n) is 5.46. The normalized spacial score (nSPS) is 25.1. The van der Waals surface area contributed by atoms with Gasteiger partial charge in [-0.05, 0) is 37.1 Å². The highest BCUT2D eigenvalue weighted by Gasteiger charge is 2.44. The van der Waals surface area contributed by atoms with Crippen molar-refractivity contribution in [3.05, 3.63) is 30.5 Å². The highest BCUT2D eigenvalue weighted by atomic mass is 16.7. The number of aryl methyl sites for hydroxylation is 1. The second-order valence-corrected chi connectivity index (χ2v) is 7.91. The number of ether oxygens (including phenoxy) is 2. The number of carbonyl (C=O) groups excluding carboxylic acids is 1. The third kappa shape index (κ3) is 6.69. The third-order valence-corrected chi connectivity index (χ3v) is 5.46. The molecule has 182 valence electrons. The number of nitrogens with one attached hydrogen (secondary N) is 1. The Bertz CT molecular complexity index is 875. The molecule has 0 radical (unpaired) electrons. The fourth-order valence-electron chi connectivity index (χ4n) is 3.51. The monoisotopic (exact) mass is 466 g/mol. The topological polar surface area (TPSA) is 179 Å². The van der Waals surface area contributed by atoms with Crippen LogP contribution in [0.3, 0.4) is 0 Å². The van der Waals surface area contributed by atoms with Crippen molar-refractivity contribution in [1.29, 1.82) is 0 Å². The van der Waals surface area contributed by atoms with Crippen LogP contribution in [0.4, 0.5) is 0 Å². The number of nitrogens with zero attached hydrogens (tertiary/aromatic N) is 3. The Morgan fingerprint density at radius 2 is 1.79 bits per heavy atom. The molecule has 0 bridgehead atoms. The van der Waals surface area contributed by atoms with E-state index in [1.54, 1.807) is 34.4 Å². The van der Waals surface area contributed by atoms with Gasteiger partial charge >= 0.3 is 0 Å². The maximum absolute atomic E-state index is 11.0. The van der Waals surface area contributed by atoms with E-state index in [1.165, 1.54) is 0 Å². The number of hydroxylamine groups is 1. The van der Waals surface area contributed by atoms with Gasteiger partial charge in [-0.25, -0.2) is 5.48 Å². The van der Waals surface area contributed by atoms with Crippen molar-refractivity contribution < 1.29 is 39.9 Å². The number of aliphatic hydroxyl groups is 4. The molecule has 1 aliphatic rings. The summed E-state index contributed by atoms with van der Waals surface area (Å²) < 4.78 is 12.7. The van der Waals surface area contributed by atoms with Gasteiger partial charge in [-0.15, -0.1) is 5.10 Å². The molecule has 5 atom stereocenters. The van der Waals surface area contributed by atoms with E-state index in [9.17, 15) is 25.2 Å². The van der Waals surface area contributed by atoms with Gasteiger partial charge in [0, 0.05) is 18.5 Å². The zero-order chi connectivity index (χ0) is 23.8. The van der Waals surface area contributed by atoms with E-state index in [4.69, 9.17) is 14.7 Å². The standard InChI is InChI=1S/C21H30N4O8/c26-12-16-18(28)19(29)20(30)21(33-16)32-14-8-6-13(7-9-14)15-11-25(24-22-15)10-4-2-1-3-5-17(27)23-31/h6-9,11,16,18-21,26,28-31H,1-5,10,12H2,(H,23,27)/t16?,18-,19?,20-,21+/m1/s1. The van der Waals surface area contributed by atoms with Crippen molar-refractivity contribution in [2.75, 3.05) is 6.61 Å². The molecule has 0 saturated carbocycles. The molecule has 1 aromatic heterocycles. The summed E-state index contributed by atoms with van der Waals surface area (Å²) in [6.07, 6.45) is -1.17. The Morgan fingerprint density at radius 3 is 2.48 bits per heavy atom. The lowest BCUT2D eigenvalue weighted by molar-refractivity contribution is -0.277.